The number of carbonyl (C=O) groups is 1. The molecule has 0 radical (unpaired) electrons. The molecule has 0 bridgehead atoms. The van der Waals surface area contributed by atoms with Crippen LogP contribution in [0.3, 0.4) is 0 Å². The Morgan fingerprint density at radius 3 is 2.41 bits per heavy atom. The molecule has 1 aliphatic rings. The summed E-state index contributed by atoms with van der Waals surface area (Å²) in [7, 11) is 1.21. The summed E-state index contributed by atoms with van der Waals surface area (Å²) in [5.74, 6) is -2.01. The van der Waals surface area contributed by atoms with E-state index in [-0.39, 0.29) is 17.1 Å². The van der Waals surface area contributed by atoms with E-state index < -0.39 is 27.5 Å². The molecule has 9 heteroatoms. The number of rotatable bonds is 7. The van der Waals surface area contributed by atoms with Gasteiger partial charge in [-0.2, -0.15) is 5.26 Å². The summed E-state index contributed by atoms with van der Waals surface area (Å²) in [6.45, 7) is 2.32. The first-order chi connectivity index (χ1) is 16.3. The van der Waals surface area contributed by atoms with E-state index in [2.05, 4.69) is 4.98 Å². The number of ether oxygens (including phenoxy) is 3. The molecule has 0 saturated heterocycles. The molecule has 0 aliphatic heterocycles. The minimum atomic E-state index is -1.73. The van der Waals surface area contributed by atoms with Gasteiger partial charge in [-0.3, -0.25) is 4.79 Å². The average Bonchev–Trinajstić information content (AvgIpc) is 3.37. The number of methoxy groups -OCH3 is 1. The fourth-order valence-corrected chi connectivity index (χ4v) is 5.14. The maximum atomic E-state index is 14.7. The van der Waals surface area contributed by atoms with Crippen LogP contribution in [0.2, 0.25) is 0 Å². The van der Waals surface area contributed by atoms with Crippen molar-refractivity contribution in [2.45, 2.75) is 22.6 Å². The van der Waals surface area contributed by atoms with Crippen LogP contribution >= 0.6 is 23.2 Å². The molecule has 2 unspecified atom stereocenters. The second-order valence-corrected chi connectivity index (χ2v) is 8.93. The van der Waals surface area contributed by atoms with Gasteiger partial charge in [0.15, 0.2) is 5.82 Å². The highest BCUT2D eigenvalue weighted by atomic mass is 35.5. The van der Waals surface area contributed by atoms with Crippen molar-refractivity contribution in [3.8, 4) is 23.4 Å². The van der Waals surface area contributed by atoms with E-state index in [1.165, 1.54) is 7.11 Å². The molecule has 4 rings (SSSR count). The Hall–Kier alpha value is -3.34. The largest absolute Gasteiger partial charge is 0.494 e. The number of hydrogen-bond donors (Lipinski definition) is 0. The number of halogens is 3. The highest BCUT2D eigenvalue weighted by Crippen LogP contribution is 2.75. The minimum Gasteiger partial charge on any atom is -0.494 e. The molecular formula is C25H19Cl2FN2O4. The summed E-state index contributed by atoms with van der Waals surface area (Å²) in [6.07, 6.45) is 0. The first-order valence-corrected chi connectivity index (χ1v) is 11.1. The van der Waals surface area contributed by atoms with Crippen LogP contribution in [0.5, 0.6) is 17.4 Å². The second kappa shape index (κ2) is 9.13. The van der Waals surface area contributed by atoms with Gasteiger partial charge < -0.3 is 14.2 Å². The van der Waals surface area contributed by atoms with Crippen LogP contribution in [0.4, 0.5) is 4.39 Å². The van der Waals surface area contributed by atoms with E-state index in [0.29, 0.717) is 23.7 Å². The van der Waals surface area contributed by atoms with Gasteiger partial charge in [0.05, 0.1) is 30.9 Å². The molecule has 0 amide bonds. The fourth-order valence-electron chi connectivity index (χ4n) is 4.12. The van der Waals surface area contributed by atoms with E-state index in [4.69, 9.17) is 37.4 Å². The molecule has 1 aromatic heterocycles. The Bertz CT molecular complexity index is 1260. The van der Waals surface area contributed by atoms with Gasteiger partial charge in [-0.1, -0.05) is 53.5 Å². The van der Waals surface area contributed by atoms with Gasteiger partial charge in [0, 0.05) is 0 Å². The highest BCUT2D eigenvalue weighted by molar-refractivity contribution is 6.55. The zero-order valence-electron chi connectivity index (χ0n) is 18.2. The Morgan fingerprint density at radius 2 is 1.82 bits per heavy atom. The Kier molecular flexibility index (Phi) is 6.39. The Morgan fingerprint density at radius 1 is 1.15 bits per heavy atom. The number of para-hydroxylation sites is 1. The number of nitrogens with zero attached hydrogens (tertiary/aromatic N) is 2. The maximum Gasteiger partial charge on any atom is 0.320 e. The standard InChI is InChI=1S/C25H19Cl2FN2O4/c1-3-33-17-11-9-16(10-12-17)24(23(31)32-2)21(25(24,26)27)20-15(14-29)13-19(28)22(30-20)34-18-7-5-4-6-8-18/h4-13,21H,3H2,1-2H3. The number of benzene rings is 2. The number of nitriles is 1. The summed E-state index contributed by atoms with van der Waals surface area (Å²) in [4.78, 5) is 17.4. The van der Waals surface area contributed by atoms with Gasteiger partial charge in [0.25, 0.3) is 5.88 Å². The molecule has 2 aromatic carbocycles. The molecule has 6 nitrogen and oxygen atoms in total. The summed E-state index contributed by atoms with van der Waals surface area (Å²) in [5.41, 5.74) is -1.24. The number of hydrogen-bond acceptors (Lipinski definition) is 6. The molecule has 1 fully saturated rings. The van der Waals surface area contributed by atoms with Gasteiger partial charge >= 0.3 is 5.97 Å². The van der Waals surface area contributed by atoms with Gasteiger partial charge in [-0.05, 0) is 42.8 Å². The third-order valence-corrected chi connectivity index (χ3v) is 6.72. The third-order valence-electron chi connectivity index (χ3n) is 5.69. The summed E-state index contributed by atoms with van der Waals surface area (Å²) in [6, 6.07) is 18.0. The summed E-state index contributed by atoms with van der Waals surface area (Å²) < 4.78 is 29.1. The van der Waals surface area contributed by atoms with Gasteiger partial charge in [-0.25, -0.2) is 9.37 Å². The zero-order valence-corrected chi connectivity index (χ0v) is 19.7. The van der Waals surface area contributed by atoms with Crippen molar-refractivity contribution in [3.05, 3.63) is 83.3 Å². The number of esters is 1. The van der Waals surface area contributed by atoms with E-state index in [0.717, 1.165) is 6.07 Å². The van der Waals surface area contributed by atoms with Crippen molar-refractivity contribution in [1.82, 2.24) is 4.98 Å². The van der Waals surface area contributed by atoms with E-state index in [1.54, 1.807) is 54.6 Å². The summed E-state index contributed by atoms with van der Waals surface area (Å²) >= 11 is 13.4. The SMILES string of the molecule is CCOc1ccc(C2(C(=O)OC)C(c3nc(Oc4ccccc4)c(F)cc3C#N)C2(Cl)Cl)cc1. The molecular weight excluding hydrogens is 482 g/mol. The molecule has 1 aliphatic carbocycles. The molecule has 1 heterocycles. The van der Waals surface area contributed by atoms with Crippen molar-refractivity contribution < 1.29 is 23.4 Å². The van der Waals surface area contributed by atoms with Crippen molar-refractivity contribution in [2.24, 2.45) is 0 Å². The average molecular weight is 501 g/mol. The molecule has 0 N–H and O–H groups in total. The number of carbonyl (C=O) groups excluding carboxylic acids is 1. The van der Waals surface area contributed by atoms with Crippen LogP contribution in [0.25, 0.3) is 0 Å². The highest BCUT2D eigenvalue weighted by Gasteiger charge is 2.83. The lowest BCUT2D eigenvalue weighted by Gasteiger charge is -2.17. The number of pyridine rings is 1. The smallest absolute Gasteiger partial charge is 0.320 e. The molecule has 1 saturated carbocycles. The predicted octanol–water partition coefficient (Wildman–Crippen LogP) is 5.67. The van der Waals surface area contributed by atoms with Gasteiger partial charge in [0.2, 0.25) is 0 Å². The molecule has 34 heavy (non-hydrogen) atoms. The lowest BCUT2D eigenvalue weighted by Crippen LogP contribution is -2.28. The Balaban J connectivity index is 1.84. The van der Waals surface area contributed by atoms with Crippen molar-refractivity contribution in [2.75, 3.05) is 13.7 Å². The topological polar surface area (TPSA) is 81.4 Å². The molecule has 2 atom stereocenters. The first kappa shape index (κ1) is 23.8. The van der Waals surface area contributed by atoms with Crippen molar-refractivity contribution in [3.63, 3.8) is 0 Å². The maximum absolute atomic E-state index is 14.7. The lowest BCUT2D eigenvalue weighted by molar-refractivity contribution is -0.143. The predicted molar refractivity (Wildman–Crippen MR) is 124 cm³/mol. The van der Waals surface area contributed by atoms with Crippen LogP contribution < -0.4 is 9.47 Å². The van der Waals surface area contributed by atoms with Gasteiger partial charge in [-0.15, -0.1) is 0 Å². The summed E-state index contributed by atoms with van der Waals surface area (Å²) in [5, 5.41) is 9.69. The van der Waals surface area contributed by atoms with Crippen LogP contribution in [0.15, 0.2) is 60.7 Å². The van der Waals surface area contributed by atoms with Crippen molar-refractivity contribution >= 4 is 29.2 Å². The fraction of sp³-hybridized carbons (Fsp3) is 0.240. The van der Waals surface area contributed by atoms with Crippen LogP contribution in [-0.2, 0) is 14.9 Å². The van der Waals surface area contributed by atoms with Gasteiger partial charge in [0.1, 0.15) is 27.3 Å². The first-order valence-electron chi connectivity index (χ1n) is 10.3. The van der Waals surface area contributed by atoms with E-state index in [9.17, 15) is 14.4 Å². The molecule has 174 valence electrons. The normalized spacial score (nSPS) is 20.2. The minimum absolute atomic E-state index is 0.0270. The van der Waals surface area contributed by atoms with E-state index in [1.807, 2.05) is 13.0 Å². The Labute approximate surface area is 205 Å². The van der Waals surface area contributed by atoms with Crippen LogP contribution in [0.1, 0.15) is 29.7 Å². The monoisotopic (exact) mass is 500 g/mol. The zero-order chi connectivity index (χ0) is 24.5. The second-order valence-electron chi connectivity index (χ2n) is 7.55. The van der Waals surface area contributed by atoms with Crippen molar-refractivity contribution in [1.29, 1.82) is 5.26 Å². The molecule has 0 spiro atoms. The number of alkyl halides is 2. The quantitative estimate of drug-likeness (QED) is 0.307. The number of aromatic nitrogens is 1. The third kappa shape index (κ3) is 3.73. The van der Waals surface area contributed by atoms with Crippen LogP contribution in [-0.4, -0.2) is 29.0 Å². The lowest BCUT2D eigenvalue weighted by atomic mass is 9.91. The molecule has 3 aromatic rings. The van der Waals surface area contributed by atoms with Crippen LogP contribution in [0, 0.1) is 17.1 Å². The van der Waals surface area contributed by atoms with E-state index >= 15 is 0 Å².